The molecule has 4 N–H and O–H groups in total. The molecule has 2 atom stereocenters. The first-order chi connectivity index (χ1) is 10.1. The van der Waals surface area contributed by atoms with Gasteiger partial charge in [-0.2, -0.15) is 0 Å². The molecule has 0 bridgehead atoms. The Morgan fingerprint density at radius 1 is 1.43 bits per heavy atom. The lowest BCUT2D eigenvalue weighted by Crippen LogP contribution is -2.53. The lowest BCUT2D eigenvalue weighted by molar-refractivity contribution is -0.0612. The highest BCUT2D eigenvalue weighted by Gasteiger charge is 2.43. The minimum Gasteiger partial charge on any atom is -0.409 e. The van der Waals surface area contributed by atoms with Crippen LogP contribution in [0.25, 0.3) is 0 Å². The highest BCUT2D eigenvalue weighted by Crippen LogP contribution is 2.41. The summed E-state index contributed by atoms with van der Waals surface area (Å²) in [5.41, 5.74) is 6.59. The Hall–Kier alpha value is -1.82. The molecule has 3 rings (SSSR count). The van der Waals surface area contributed by atoms with Crippen molar-refractivity contribution in [2.45, 2.75) is 37.7 Å². The van der Waals surface area contributed by atoms with E-state index >= 15 is 0 Å². The van der Waals surface area contributed by atoms with E-state index in [-0.39, 0.29) is 5.84 Å². The largest absolute Gasteiger partial charge is 0.409 e. The molecule has 2 heterocycles. The van der Waals surface area contributed by atoms with Gasteiger partial charge in [0.25, 0.3) is 0 Å². The molecule has 2 aliphatic rings. The fourth-order valence-corrected chi connectivity index (χ4v) is 3.69. The molecule has 1 saturated carbocycles. The summed E-state index contributed by atoms with van der Waals surface area (Å²) in [7, 11) is 0. The number of piperidine rings is 1. The van der Waals surface area contributed by atoms with E-state index in [2.05, 4.69) is 15.0 Å². The number of pyridine rings is 1. The molecule has 1 aromatic rings. The topological polar surface area (TPSA) is 95.0 Å². The van der Waals surface area contributed by atoms with Gasteiger partial charge in [0, 0.05) is 25.2 Å². The first-order valence-electron chi connectivity index (χ1n) is 7.54. The minimum absolute atomic E-state index is 0.0232. The van der Waals surface area contributed by atoms with Crippen molar-refractivity contribution in [2.24, 2.45) is 16.8 Å². The van der Waals surface area contributed by atoms with Gasteiger partial charge in [-0.05, 0) is 31.4 Å². The maximum atomic E-state index is 10.7. The maximum absolute atomic E-state index is 10.7. The van der Waals surface area contributed by atoms with Crippen LogP contribution in [0.3, 0.4) is 0 Å². The van der Waals surface area contributed by atoms with Crippen LogP contribution < -0.4 is 10.6 Å². The van der Waals surface area contributed by atoms with Crippen molar-refractivity contribution in [1.29, 1.82) is 0 Å². The normalized spacial score (nSPS) is 30.0. The van der Waals surface area contributed by atoms with Crippen LogP contribution in [0.5, 0.6) is 0 Å². The van der Waals surface area contributed by atoms with Crippen LogP contribution >= 0.6 is 0 Å². The Morgan fingerprint density at radius 3 is 3.10 bits per heavy atom. The second-order valence-corrected chi connectivity index (χ2v) is 6.10. The summed E-state index contributed by atoms with van der Waals surface area (Å²) >= 11 is 0. The van der Waals surface area contributed by atoms with Crippen molar-refractivity contribution < 1.29 is 10.3 Å². The van der Waals surface area contributed by atoms with Gasteiger partial charge in [0.1, 0.15) is 5.69 Å². The van der Waals surface area contributed by atoms with E-state index in [0.717, 1.165) is 44.5 Å². The highest BCUT2D eigenvalue weighted by molar-refractivity contribution is 6.00. The molecule has 1 aliphatic heterocycles. The van der Waals surface area contributed by atoms with Crippen LogP contribution in [0, 0.1) is 5.92 Å². The molecule has 6 heteroatoms. The van der Waals surface area contributed by atoms with Gasteiger partial charge in [-0.25, -0.2) is 0 Å². The number of amidine groups is 1. The van der Waals surface area contributed by atoms with Crippen molar-refractivity contribution in [3.05, 3.63) is 24.0 Å². The average Bonchev–Trinajstić information content (AvgIpc) is 2.53. The molecule has 0 spiro atoms. The molecule has 1 aromatic heterocycles. The van der Waals surface area contributed by atoms with Crippen LogP contribution in [0.15, 0.2) is 23.5 Å². The number of anilines is 1. The van der Waals surface area contributed by atoms with Crippen molar-refractivity contribution in [3.63, 3.8) is 0 Å². The highest BCUT2D eigenvalue weighted by atomic mass is 16.4. The molecule has 0 radical (unpaired) electrons. The first-order valence-corrected chi connectivity index (χ1v) is 7.54. The third kappa shape index (κ3) is 2.55. The number of oxime groups is 1. The summed E-state index contributed by atoms with van der Waals surface area (Å²) in [6.45, 7) is 1.57. The second kappa shape index (κ2) is 5.52. The third-order valence-corrected chi connectivity index (χ3v) is 4.91. The zero-order valence-electron chi connectivity index (χ0n) is 12.1. The predicted octanol–water partition coefficient (Wildman–Crippen LogP) is 1.31. The van der Waals surface area contributed by atoms with Crippen molar-refractivity contribution >= 4 is 11.5 Å². The monoisotopic (exact) mass is 290 g/mol. The number of aliphatic hydroxyl groups is 1. The van der Waals surface area contributed by atoms with Gasteiger partial charge in [0.2, 0.25) is 0 Å². The lowest BCUT2D eigenvalue weighted by Gasteiger charge is -2.48. The van der Waals surface area contributed by atoms with Crippen LogP contribution in [-0.2, 0) is 0 Å². The molecular weight excluding hydrogens is 268 g/mol. The molecule has 6 nitrogen and oxygen atoms in total. The van der Waals surface area contributed by atoms with E-state index in [1.165, 1.54) is 6.42 Å². The third-order valence-electron chi connectivity index (χ3n) is 4.91. The number of nitrogens with two attached hydrogens (primary N) is 1. The van der Waals surface area contributed by atoms with Crippen LogP contribution in [0.2, 0.25) is 0 Å². The second-order valence-electron chi connectivity index (χ2n) is 6.10. The quantitative estimate of drug-likeness (QED) is 0.330. The van der Waals surface area contributed by atoms with E-state index in [0.29, 0.717) is 11.6 Å². The number of fused-ring (bicyclic) bond motifs is 1. The smallest absolute Gasteiger partial charge is 0.190 e. The van der Waals surface area contributed by atoms with Gasteiger partial charge in [0.05, 0.1) is 11.3 Å². The summed E-state index contributed by atoms with van der Waals surface area (Å²) in [6.07, 6.45) is 6.67. The van der Waals surface area contributed by atoms with Crippen LogP contribution in [0.4, 0.5) is 5.69 Å². The van der Waals surface area contributed by atoms with E-state index in [4.69, 9.17) is 10.9 Å². The van der Waals surface area contributed by atoms with E-state index in [1.54, 1.807) is 6.20 Å². The van der Waals surface area contributed by atoms with Crippen molar-refractivity contribution in [2.75, 3.05) is 18.0 Å². The lowest BCUT2D eigenvalue weighted by atomic mass is 9.71. The molecule has 1 saturated heterocycles. The Labute approximate surface area is 124 Å². The molecule has 1 aliphatic carbocycles. The minimum atomic E-state index is -0.506. The number of rotatable bonds is 2. The van der Waals surface area contributed by atoms with Gasteiger partial charge in [-0.3, -0.25) is 4.98 Å². The molecule has 21 heavy (non-hydrogen) atoms. The molecular formula is C15H22N4O2. The standard InChI is InChI=1S/C15H22N4O2/c16-14(18-21)13-12(5-3-8-17-13)19-9-7-15(20)6-2-1-4-11(15)10-19/h3,5,8,11,20-21H,1-2,4,6-7,9-10H2,(H2,16,18). The number of nitrogens with zero attached hydrogens (tertiary/aromatic N) is 3. The Balaban J connectivity index is 1.86. The maximum Gasteiger partial charge on any atom is 0.190 e. The zero-order chi connectivity index (χ0) is 14.9. The van der Waals surface area contributed by atoms with Crippen molar-refractivity contribution in [1.82, 2.24) is 4.98 Å². The summed E-state index contributed by atoms with van der Waals surface area (Å²) in [5, 5.41) is 22.7. The molecule has 2 unspecified atom stereocenters. The Morgan fingerprint density at radius 2 is 2.29 bits per heavy atom. The van der Waals surface area contributed by atoms with Gasteiger partial charge < -0.3 is 20.9 Å². The summed E-state index contributed by atoms with van der Waals surface area (Å²) < 4.78 is 0. The first kappa shape index (κ1) is 14.1. The predicted molar refractivity (Wildman–Crippen MR) is 80.5 cm³/mol. The summed E-state index contributed by atoms with van der Waals surface area (Å²) in [6, 6.07) is 3.79. The Kier molecular flexibility index (Phi) is 3.71. The fourth-order valence-electron chi connectivity index (χ4n) is 3.69. The van der Waals surface area contributed by atoms with E-state index in [1.807, 2.05) is 12.1 Å². The Bertz CT molecular complexity index is 548. The van der Waals surface area contributed by atoms with Crippen LogP contribution in [-0.4, -0.2) is 39.8 Å². The van der Waals surface area contributed by atoms with E-state index < -0.39 is 5.60 Å². The summed E-state index contributed by atoms with van der Waals surface area (Å²) in [5.74, 6) is 0.315. The summed E-state index contributed by atoms with van der Waals surface area (Å²) in [4.78, 5) is 6.43. The number of hydrogen-bond acceptors (Lipinski definition) is 5. The average molecular weight is 290 g/mol. The van der Waals surface area contributed by atoms with Gasteiger partial charge >= 0.3 is 0 Å². The zero-order valence-corrected chi connectivity index (χ0v) is 12.1. The van der Waals surface area contributed by atoms with Gasteiger partial charge in [-0.15, -0.1) is 0 Å². The molecule has 0 aromatic carbocycles. The van der Waals surface area contributed by atoms with Gasteiger partial charge in [-0.1, -0.05) is 18.0 Å². The van der Waals surface area contributed by atoms with Gasteiger partial charge in [0.15, 0.2) is 5.84 Å². The van der Waals surface area contributed by atoms with Crippen molar-refractivity contribution in [3.8, 4) is 0 Å². The number of aromatic nitrogens is 1. The molecule has 2 fully saturated rings. The molecule has 0 amide bonds. The van der Waals surface area contributed by atoms with Crippen LogP contribution in [0.1, 0.15) is 37.8 Å². The number of hydrogen-bond donors (Lipinski definition) is 3. The SMILES string of the molecule is N/C(=N/O)c1ncccc1N1CCC2(O)CCCCC2C1. The fraction of sp³-hybridized carbons (Fsp3) is 0.600. The van der Waals surface area contributed by atoms with E-state index in [9.17, 15) is 5.11 Å². The molecule has 114 valence electrons.